The van der Waals surface area contributed by atoms with Crippen LogP contribution in [-0.2, 0) is 20.7 Å². The second-order valence-electron chi connectivity index (χ2n) is 6.56. The summed E-state index contributed by atoms with van der Waals surface area (Å²) in [4.78, 5) is 0. The van der Waals surface area contributed by atoms with Gasteiger partial charge >= 0.3 is 0 Å². The van der Waals surface area contributed by atoms with Gasteiger partial charge in [0.2, 0.25) is 0 Å². The van der Waals surface area contributed by atoms with Crippen LogP contribution in [0.5, 0.6) is 0 Å². The number of hydrogen-bond donors (Lipinski definition) is 1. The molecule has 0 aromatic heterocycles. The molecule has 1 aliphatic carbocycles. The Hall–Kier alpha value is -2.46. The largest absolute Gasteiger partial charge is 0.386 e. The lowest BCUT2D eigenvalue weighted by Crippen LogP contribution is -2.49. The van der Waals surface area contributed by atoms with E-state index in [1.165, 1.54) is 0 Å². The lowest BCUT2D eigenvalue weighted by Gasteiger charge is -2.39. The molecule has 0 aliphatic heterocycles. The standard InChI is InChI=1S/C23H22O3/c1-25-22(17-11-5-3-6-12-17)19-15-9-10-16-20(19)23(26-2,21(22)24)18-13-7-4-8-14-18/h3-16,21,24H,1-2H3. The number of aliphatic hydroxyl groups is 1. The number of rotatable bonds is 4. The van der Waals surface area contributed by atoms with E-state index in [2.05, 4.69) is 0 Å². The molecule has 3 aromatic rings. The highest BCUT2D eigenvalue weighted by Gasteiger charge is 2.62. The summed E-state index contributed by atoms with van der Waals surface area (Å²) >= 11 is 0. The van der Waals surface area contributed by atoms with Crippen LogP contribution in [0.4, 0.5) is 0 Å². The van der Waals surface area contributed by atoms with Crippen molar-refractivity contribution < 1.29 is 14.6 Å². The zero-order valence-electron chi connectivity index (χ0n) is 14.9. The molecule has 1 N–H and O–H groups in total. The molecule has 2 unspecified atom stereocenters. The number of ether oxygens (including phenoxy) is 2. The third-order valence-corrected chi connectivity index (χ3v) is 5.55. The van der Waals surface area contributed by atoms with E-state index in [0.717, 1.165) is 22.3 Å². The smallest absolute Gasteiger partial charge is 0.147 e. The highest BCUT2D eigenvalue weighted by atomic mass is 16.5. The van der Waals surface area contributed by atoms with Gasteiger partial charge in [0.1, 0.15) is 17.3 Å². The van der Waals surface area contributed by atoms with Crippen LogP contribution >= 0.6 is 0 Å². The number of fused-ring (bicyclic) bond motifs is 1. The van der Waals surface area contributed by atoms with Crippen molar-refractivity contribution in [3.63, 3.8) is 0 Å². The second kappa shape index (κ2) is 6.36. The molecule has 1 aliphatic rings. The Morgan fingerprint density at radius 1 is 0.615 bits per heavy atom. The van der Waals surface area contributed by atoms with Crippen molar-refractivity contribution in [2.24, 2.45) is 0 Å². The van der Waals surface area contributed by atoms with Crippen molar-refractivity contribution >= 4 is 0 Å². The molecule has 0 saturated carbocycles. The van der Waals surface area contributed by atoms with Crippen molar-refractivity contribution in [1.29, 1.82) is 0 Å². The molecule has 0 fully saturated rings. The van der Waals surface area contributed by atoms with Crippen LogP contribution < -0.4 is 0 Å². The van der Waals surface area contributed by atoms with Crippen LogP contribution in [-0.4, -0.2) is 25.4 Å². The fraction of sp³-hybridized carbons (Fsp3) is 0.217. The molecule has 0 amide bonds. The summed E-state index contributed by atoms with van der Waals surface area (Å²) in [6.45, 7) is 0. The molecule has 3 heteroatoms. The summed E-state index contributed by atoms with van der Waals surface area (Å²) in [7, 11) is 3.29. The van der Waals surface area contributed by atoms with Gasteiger partial charge in [0.05, 0.1) is 0 Å². The minimum absolute atomic E-state index is 0.900. The van der Waals surface area contributed by atoms with Crippen molar-refractivity contribution in [2.75, 3.05) is 14.2 Å². The van der Waals surface area contributed by atoms with E-state index >= 15 is 0 Å². The molecule has 2 atom stereocenters. The maximum absolute atomic E-state index is 11.7. The van der Waals surface area contributed by atoms with Crippen LogP contribution in [0.15, 0.2) is 84.9 Å². The maximum atomic E-state index is 11.7. The molecule has 26 heavy (non-hydrogen) atoms. The van der Waals surface area contributed by atoms with Crippen molar-refractivity contribution in [1.82, 2.24) is 0 Å². The van der Waals surface area contributed by atoms with Crippen LogP contribution in [0, 0.1) is 0 Å². The molecule has 0 saturated heterocycles. The van der Waals surface area contributed by atoms with Gasteiger partial charge in [0.25, 0.3) is 0 Å². The quantitative estimate of drug-likeness (QED) is 0.780. The van der Waals surface area contributed by atoms with Crippen molar-refractivity contribution in [2.45, 2.75) is 17.3 Å². The summed E-state index contributed by atoms with van der Waals surface area (Å²) in [5, 5.41) is 11.7. The lowest BCUT2D eigenvalue weighted by atomic mass is 9.81. The normalized spacial score (nSPS) is 27.3. The second-order valence-corrected chi connectivity index (χ2v) is 6.56. The fourth-order valence-electron chi connectivity index (χ4n) is 4.39. The topological polar surface area (TPSA) is 38.7 Å². The predicted octanol–water partition coefficient (Wildman–Crippen LogP) is 3.84. The molecular formula is C23H22O3. The Morgan fingerprint density at radius 3 is 1.31 bits per heavy atom. The molecule has 0 spiro atoms. The molecule has 0 heterocycles. The van der Waals surface area contributed by atoms with E-state index in [9.17, 15) is 5.11 Å². The van der Waals surface area contributed by atoms with Gasteiger partial charge in [0.15, 0.2) is 0 Å². The molecule has 0 radical (unpaired) electrons. The van der Waals surface area contributed by atoms with Gasteiger partial charge in [-0.3, -0.25) is 0 Å². The molecular weight excluding hydrogens is 324 g/mol. The van der Waals surface area contributed by atoms with Crippen molar-refractivity contribution in [3.05, 3.63) is 107 Å². The number of aliphatic hydroxyl groups excluding tert-OH is 1. The van der Waals surface area contributed by atoms with Gasteiger partial charge in [-0.2, -0.15) is 0 Å². The lowest BCUT2D eigenvalue weighted by molar-refractivity contribution is -0.153. The predicted molar refractivity (Wildman–Crippen MR) is 101 cm³/mol. The number of methoxy groups -OCH3 is 2. The summed E-state index contributed by atoms with van der Waals surface area (Å²) in [6.07, 6.45) is -0.952. The van der Waals surface area contributed by atoms with Gasteiger partial charge < -0.3 is 14.6 Å². The first-order valence-corrected chi connectivity index (χ1v) is 8.71. The summed E-state index contributed by atoms with van der Waals surface area (Å²) in [5.74, 6) is 0. The first-order valence-electron chi connectivity index (χ1n) is 8.71. The van der Waals surface area contributed by atoms with E-state index in [1.54, 1.807) is 14.2 Å². The zero-order chi connectivity index (χ0) is 18.2. The monoisotopic (exact) mass is 346 g/mol. The third-order valence-electron chi connectivity index (χ3n) is 5.55. The van der Waals surface area contributed by atoms with Crippen LogP contribution in [0.3, 0.4) is 0 Å². The van der Waals surface area contributed by atoms with Gasteiger partial charge in [-0.05, 0) is 22.3 Å². The fourth-order valence-corrected chi connectivity index (χ4v) is 4.39. The third kappa shape index (κ3) is 2.05. The highest BCUT2D eigenvalue weighted by molar-refractivity contribution is 5.56. The van der Waals surface area contributed by atoms with Crippen LogP contribution in [0.1, 0.15) is 22.3 Å². The average molecular weight is 346 g/mol. The van der Waals surface area contributed by atoms with E-state index in [-0.39, 0.29) is 0 Å². The Kier molecular flexibility index (Phi) is 4.16. The van der Waals surface area contributed by atoms with Crippen molar-refractivity contribution in [3.8, 4) is 0 Å². The van der Waals surface area contributed by atoms with E-state index in [0.29, 0.717) is 0 Å². The molecule has 3 aromatic carbocycles. The number of benzene rings is 3. The van der Waals surface area contributed by atoms with Crippen LogP contribution in [0.2, 0.25) is 0 Å². The Morgan fingerprint density at radius 2 is 0.962 bits per heavy atom. The number of hydrogen-bond acceptors (Lipinski definition) is 3. The molecule has 4 rings (SSSR count). The minimum Gasteiger partial charge on any atom is -0.386 e. The van der Waals surface area contributed by atoms with Gasteiger partial charge in [0, 0.05) is 14.2 Å². The minimum atomic E-state index is -1.01. The molecule has 0 bridgehead atoms. The average Bonchev–Trinajstić information content (AvgIpc) is 2.95. The first kappa shape index (κ1) is 17.0. The van der Waals surface area contributed by atoms with Gasteiger partial charge in [-0.15, -0.1) is 0 Å². The maximum Gasteiger partial charge on any atom is 0.147 e. The SMILES string of the molecule is COC1(c2ccccc2)c2ccccc2C(OC)(c2ccccc2)C1O. The molecule has 3 nitrogen and oxygen atoms in total. The summed E-state index contributed by atoms with van der Waals surface area (Å²) in [6, 6.07) is 27.7. The Labute approximate surface area is 153 Å². The van der Waals surface area contributed by atoms with Gasteiger partial charge in [-0.25, -0.2) is 0 Å². The summed E-state index contributed by atoms with van der Waals surface area (Å²) < 4.78 is 12.1. The van der Waals surface area contributed by atoms with E-state index in [1.807, 2.05) is 84.9 Å². The Balaban J connectivity index is 2.06. The highest BCUT2D eigenvalue weighted by Crippen LogP contribution is 2.56. The molecule has 132 valence electrons. The zero-order valence-corrected chi connectivity index (χ0v) is 14.9. The summed E-state index contributed by atoms with van der Waals surface area (Å²) in [5.41, 5.74) is 1.63. The van der Waals surface area contributed by atoms with Crippen LogP contribution in [0.25, 0.3) is 0 Å². The van der Waals surface area contributed by atoms with E-state index < -0.39 is 17.3 Å². The first-order chi connectivity index (χ1) is 12.7. The van der Waals surface area contributed by atoms with E-state index in [4.69, 9.17) is 9.47 Å². The van der Waals surface area contributed by atoms with Gasteiger partial charge in [-0.1, -0.05) is 84.9 Å². The Bertz CT molecular complexity index is 819.